The molecule has 0 amide bonds. The van der Waals surface area contributed by atoms with Gasteiger partial charge in [-0.2, -0.15) is 0 Å². The SMILES string of the molecule is CN(C/C=C/c1ccccc1)CC1CCCNC1. The average molecular weight is 244 g/mol. The van der Waals surface area contributed by atoms with Crippen molar-refractivity contribution in [2.45, 2.75) is 12.8 Å². The zero-order chi connectivity index (χ0) is 12.6. The number of rotatable bonds is 5. The topological polar surface area (TPSA) is 15.3 Å². The lowest BCUT2D eigenvalue weighted by molar-refractivity contribution is 0.260. The fraction of sp³-hybridized carbons (Fsp3) is 0.500. The van der Waals surface area contributed by atoms with Gasteiger partial charge in [-0.1, -0.05) is 42.5 Å². The number of nitrogens with one attached hydrogen (secondary N) is 1. The molecule has 1 N–H and O–H groups in total. The first-order chi connectivity index (χ1) is 8.84. The van der Waals surface area contributed by atoms with Crippen LogP contribution in [-0.2, 0) is 0 Å². The van der Waals surface area contributed by atoms with Gasteiger partial charge in [0.15, 0.2) is 0 Å². The largest absolute Gasteiger partial charge is 0.316 e. The molecule has 1 unspecified atom stereocenters. The first-order valence-corrected chi connectivity index (χ1v) is 6.95. The predicted octanol–water partition coefficient (Wildman–Crippen LogP) is 2.63. The molecule has 0 bridgehead atoms. The fourth-order valence-electron chi connectivity index (χ4n) is 2.53. The van der Waals surface area contributed by atoms with Crippen LogP contribution in [0.5, 0.6) is 0 Å². The van der Waals surface area contributed by atoms with E-state index in [1.165, 1.54) is 38.0 Å². The molecular weight excluding hydrogens is 220 g/mol. The molecule has 1 atom stereocenters. The lowest BCUT2D eigenvalue weighted by Gasteiger charge is -2.26. The molecule has 1 aliphatic heterocycles. The van der Waals surface area contributed by atoms with Crippen LogP contribution in [0.2, 0.25) is 0 Å². The molecule has 18 heavy (non-hydrogen) atoms. The van der Waals surface area contributed by atoms with Gasteiger partial charge >= 0.3 is 0 Å². The summed E-state index contributed by atoms with van der Waals surface area (Å²) in [6.07, 6.45) is 7.17. The number of hydrogen-bond donors (Lipinski definition) is 1. The van der Waals surface area contributed by atoms with E-state index in [-0.39, 0.29) is 0 Å². The summed E-state index contributed by atoms with van der Waals surface area (Å²) < 4.78 is 0. The van der Waals surface area contributed by atoms with Crippen molar-refractivity contribution in [1.29, 1.82) is 0 Å². The highest BCUT2D eigenvalue weighted by Gasteiger charge is 2.13. The highest BCUT2D eigenvalue weighted by atomic mass is 15.1. The molecule has 0 radical (unpaired) electrons. The van der Waals surface area contributed by atoms with Gasteiger partial charge in [-0.15, -0.1) is 0 Å². The summed E-state index contributed by atoms with van der Waals surface area (Å²) in [4.78, 5) is 2.41. The van der Waals surface area contributed by atoms with Crippen LogP contribution in [0.4, 0.5) is 0 Å². The fourth-order valence-corrected chi connectivity index (χ4v) is 2.53. The summed E-state index contributed by atoms with van der Waals surface area (Å²) in [5.41, 5.74) is 1.28. The van der Waals surface area contributed by atoms with E-state index in [2.05, 4.69) is 59.7 Å². The Labute approximate surface area is 111 Å². The molecule has 0 saturated carbocycles. The Morgan fingerprint density at radius 2 is 2.17 bits per heavy atom. The van der Waals surface area contributed by atoms with Gasteiger partial charge < -0.3 is 10.2 Å². The van der Waals surface area contributed by atoms with Gasteiger partial charge in [0.25, 0.3) is 0 Å². The molecule has 1 aromatic carbocycles. The average Bonchev–Trinajstić information content (AvgIpc) is 2.41. The number of likely N-dealkylation sites (N-methyl/N-ethyl adjacent to an activating group) is 1. The maximum atomic E-state index is 3.48. The van der Waals surface area contributed by atoms with Crippen molar-refractivity contribution in [3.8, 4) is 0 Å². The lowest BCUT2D eigenvalue weighted by atomic mass is 9.99. The third-order valence-electron chi connectivity index (χ3n) is 3.50. The minimum atomic E-state index is 0.828. The standard InChI is InChI=1S/C16H24N2/c1-18(14-16-9-5-11-17-13-16)12-6-10-15-7-3-2-4-8-15/h2-4,6-8,10,16-17H,5,9,11-14H2,1H3/b10-6+. The molecular formula is C16H24N2. The molecule has 0 aromatic heterocycles. The summed E-state index contributed by atoms with van der Waals surface area (Å²) >= 11 is 0. The molecule has 1 aromatic rings. The summed E-state index contributed by atoms with van der Waals surface area (Å²) in [5, 5.41) is 3.48. The zero-order valence-electron chi connectivity index (χ0n) is 11.3. The van der Waals surface area contributed by atoms with E-state index in [0.29, 0.717) is 0 Å². The second-order valence-corrected chi connectivity index (χ2v) is 5.25. The van der Waals surface area contributed by atoms with Crippen molar-refractivity contribution in [2.75, 3.05) is 33.2 Å². The first-order valence-electron chi connectivity index (χ1n) is 6.95. The quantitative estimate of drug-likeness (QED) is 0.856. The monoisotopic (exact) mass is 244 g/mol. The molecule has 1 fully saturated rings. The Kier molecular flexibility index (Phi) is 5.43. The van der Waals surface area contributed by atoms with Gasteiger partial charge in [0.05, 0.1) is 0 Å². The van der Waals surface area contributed by atoms with E-state index < -0.39 is 0 Å². The normalized spacial score (nSPS) is 20.7. The van der Waals surface area contributed by atoms with E-state index in [1.54, 1.807) is 0 Å². The minimum Gasteiger partial charge on any atom is -0.316 e. The Balaban J connectivity index is 1.71. The van der Waals surface area contributed by atoms with Gasteiger partial charge in [-0.3, -0.25) is 0 Å². The maximum absolute atomic E-state index is 3.48. The van der Waals surface area contributed by atoms with Crippen molar-refractivity contribution < 1.29 is 0 Å². The number of benzene rings is 1. The first kappa shape index (κ1) is 13.3. The van der Waals surface area contributed by atoms with Crippen molar-refractivity contribution in [2.24, 2.45) is 5.92 Å². The van der Waals surface area contributed by atoms with Crippen LogP contribution >= 0.6 is 0 Å². The van der Waals surface area contributed by atoms with Crippen molar-refractivity contribution in [3.05, 3.63) is 42.0 Å². The van der Waals surface area contributed by atoms with Crippen LogP contribution in [0.25, 0.3) is 6.08 Å². The molecule has 0 aliphatic carbocycles. The van der Waals surface area contributed by atoms with Crippen LogP contribution in [0, 0.1) is 5.92 Å². The summed E-state index contributed by atoms with van der Waals surface area (Å²) in [6, 6.07) is 10.5. The van der Waals surface area contributed by atoms with Crippen LogP contribution in [0.1, 0.15) is 18.4 Å². The Morgan fingerprint density at radius 3 is 2.89 bits per heavy atom. The van der Waals surface area contributed by atoms with E-state index in [9.17, 15) is 0 Å². The minimum absolute atomic E-state index is 0.828. The summed E-state index contributed by atoms with van der Waals surface area (Å²) in [7, 11) is 2.21. The second-order valence-electron chi connectivity index (χ2n) is 5.25. The smallest absolute Gasteiger partial charge is 0.0163 e. The molecule has 1 aliphatic rings. The van der Waals surface area contributed by atoms with Crippen molar-refractivity contribution in [3.63, 3.8) is 0 Å². The molecule has 0 spiro atoms. The van der Waals surface area contributed by atoms with Crippen molar-refractivity contribution >= 4 is 6.08 Å². The van der Waals surface area contributed by atoms with Crippen LogP contribution < -0.4 is 5.32 Å². The van der Waals surface area contributed by atoms with Crippen LogP contribution in [0.3, 0.4) is 0 Å². The summed E-state index contributed by atoms with van der Waals surface area (Å²) in [6.45, 7) is 4.62. The Bertz CT molecular complexity index is 353. The molecule has 2 rings (SSSR count). The van der Waals surface area contributed by atoms with Crippen LogP contribution in [0.15, 0.2) is 36.4 Å². The molecule has 1 heterocycles. The third kappa shape index (κ3) is 4.63. The second kappa shape index (κ2) is 7.34. The number of hydrogen-bond acceptors (Lipinski definition) is 2. The van der Waals surface area contributed by atoms with E-state index in [0.717, 1.165) is 12.5 Å². The van der Waals surface area contributed by atoms with E-state index >= 15 is 0 Å². The third-order valence-corrected chi connectivity index (χ3v) is 3.50. The molecule has 2 heteroatoms. The molecule has 2 nitrogen and oxygen atoms in total. The highest BCUT2D eigenvalue weighted by Crippen LogP contribution is 2.11. The van der Waals surface area contributed by atoms with E-state index in [1.807, 2.05) is 0 Å². The Morgan fingerprint density at radius 1 is 1.33 bits per heavy atom. The van der Waals surface area contributed by atoms with Crippen molar-refractivity contribution in [1.82, 2.24) is 10.2 Å². The lowest BCUT2D eigenvalue weighted by Crippen LogP contribution is -2.36. The van der Waals surface area contributed by atoms with Gasteiger partial charge in [0.2, 0.25) is 0 Å². The zero-order valence-corrected chi connectivity index (χ0v) is 11.3. The summed E-state index contributed by atoms with van der Waals surface area (Å²) in [5.74, 6) is 0.828. The Hall–Kier alpha value is -1.12. The number of piperidine rings is 1. The van der Waals surface area contributed by atoms with Gasteiger partial charge in [-0.25, -0.2) is 0 Å². The highest BCUT2D eigenvalue weighted by molar-refractivity contribution is 5.48. The van der Waals surface area contributed by atoms with Gasteiger partial charge in [0.1, 0.15) is 0 Å². The molecule has 1 saturated heterocycles. The number of nitrogens with zero attached hydrogens (tertiary/aromatic N) is 1. The van der Waals surface area contributed by atoms with E-state index in [4.69, 9.17) is 0 Å². The van der Waals surface area contributed by atoms with Gasteiger partial charge in [0, 0.05) is 13.1 Å². The van der Waals surface area contributed by atoms with Gasteiger partial charge in [-0.05, 0) is 44.5 Å². The maximum Gasteiger partial charge on any atom is 0.0163 e. The molecule has 98 valence electrons. The predicted molar refractivity (Wildman–Crippen MR) is 78.6 cm³/mol. The van der Waals surface area contributed by atoms with Crippen LogP contribution in [-0.4, -0.2) is 38.1 Å².